The molecule has 19 heavy (non-hydrogen) atoms. The summed E-state index contributed by atoms with van der Waals surface area (Å²) in [5.41, 5.74) is 0.677. The lowest BCUT2D eigenvalue weighted by molar-refractivity contribution is 0.0490. The molecule has 0 radical (unpaired) electrons. The van der Waals surface area contributed by atoms with E-state index in [1.54, 1.807) is 0 Å². The molecule has 1 saturated heterocycles. The molecule has 1 unspecified atom stereocenters. The van der Waals surface area contributed by atoms with Gasteiger partial charge < -0.3 is 10.1 Å². The highest BCUT2D eigenvalue weighted by atomic mass is 127. The molecule has 1 aliphatic heterocycles. The van der Waals surface area contributed by atoms with Crippen molar-refractivity contribution in [3.05, 3.63) is 28.4 Å². The normalized spacial score (nSPS) is 18.6. The number of ether oxygens (including phenoxy) is 1. The lowest BCUT2D eigenvalue weighted by atomic mass is 10.2. The monoisotopic (exact) mass is 597 g/mol. The van der Waals surface area contributed by atoms with Crippen LogP contribution in [0.25, 0.3) is 0 Å². The fourth-order valence-corrected chi connectivity index (χ4v) is 4.46. The molecule has 1 aliphatic rings. The molecule has 1 aromatic carbocycles. The maximum absolute atomic E-state index is 12.1. The van der Waals surface area contributed by atoms with Gasteiger partial charge in [0.1, 0.15) is 0 Å². The van der Waals surface area contributed by atoms with Gasteiger partial charge in [-0.15, -0.1) is 0 Å². The van der Waals surface area contributed by atoms with E-state index < -0.39 is 0 Å². The summed E-state index contributed by atoms with van der Waals surface area (Å²) in [6.07, 6.45) is 3.32. The average molecular weight is 597 g/mol. The van der Waals surface area contributed by atoms with Crippen molar-refractivity contribution < 1.29 is 9.53 Å². The standard InChI is InChI=1S/C13H14I3NO2/c14-8-6-10(12(16)11(15)7-8)13(18)19-5-3-9-2-1-4-17-9/h6-7,9,17H,1-5H2. The Hall–Kier alpha value is 0.840. The Balaban J connectivity index is 1.92. The van der Waals surface area contributed by atoms with Gasteiger partial charge in [0.15, 0.2) is 0 Å². The summed E-state index contributed by atoms with van der Waals surface area (Å²) in [7, 11) is 0. The summed E-state index contributed by atoms with van der Waals surface area (Å²) >= 11 is 6.67. The van der Waals surface area contributed by atoms with Gasteiger partial charge in [-0.1, -0.05) is 0 Å². The number of halogens is 3. The molecule has 0 spiro atoms. The van der Waals surface area contributed by atoms with Crippen LogP contribution in [0.5, 0.6) is 0 Å². The minimum absolute atomic E-state index is 0.209. The van der Waals surface area contributed by atoms with Gasteiger partial charge >= 0.3 is 5.97 Å². The van der Waals surface area contributed by atoms with Crippen LogP contribution in [0.3, 0.4) is 0 Å². The van der Waals surface area contributed by atoms with Crippen LogP contribution in [0.1, 0.15) is 29.6 Å². The van der Waals surface area contributed by atoms with Crippen LogP contribution in [-0.4, -0.2) is 25.2 Å². The largest absolute Gasteiger partial charge is 0.462 e. The zero-order chi connectivity index (χ0) is 13.8. The highest BCUT2D eigenvalue weighted by molar-refractivity contribution is 14.1. The maximum atomic E-state index is 12.1. The Bertz CT molecular complexity index is 473. The van der Waals surface area contributed by atoms with Crippen molar-refractivity contribution in [2.45, 2.75) is 25.3 Å². The molecule has 0 bridgehead atoms. The maximum Gasteiger partial charge on any atom is 0.339 e. The van der Waals surface area contributed by atoms with Crippen molar-refractivity contribution >= 4 is 73.7 Å². The smallest absolute Gasteiger partial charge is 0.339 e. The molecular formula is C13H14I3NO2. The molecule has 1 fully saturated rings. The van der Waals surface area contributed by atoms with E-state index in [-0.39, 0.29) is 5.97 Å². The summed E-state index contributed by atoms with van der Waals surface area (Å²) in [6, 6.07) is 4.46. The third-order valence-corrected chi connectivity index (χ3v) is 6.74. The summed E-state index contributed by atoms with van der Waals surface area (Å²) in [6.45, 7) is 1.58. The first-order valence-electron chi connectivity index (χ1n) is 6.13. The first-order chi connectivity index (χ1) is 9.08. The number of hydrogen-bond acceptors (Lipinski definition) is 3. The predicted octanol–water partition coefficient (Wildman–Crippen LogP) is 3.80. The van der Waals surface area contributed by atoms with Crippen LogP contribution in [0.15, 0.2) is 12.1 Å². The van der Waals surface area contributed by atoms with Gasteiger partial charge in [-0.3, -0.25) is 0 Å². The van der Waals surface area contributed by atoms with E-state index in [1.807, 2.05) is 6.07 Å². The van der Waals surface area contributed by atoms with Gasteiger partial charge in [0.2, 0.25) is 0 Å². The van der Waals surface area contributed by atoms with E-state index in [9.17, 15) is 4.79 Å². The third-order valence-electron chi connectivity index (χ3n) is 3.07. The molecule has 1 aromatic rings. The predicted molar refractivity (Wildman–Crippen MR) is 101 cm³/mol. The number of benzene rings is 1. The number of carbonyl (C=O) groups excluding carboxylic acids is 1. The van der Waals surface area contributed by atoms with Crippen molar-refractivity contribution in [1.82, 2.24) is 5.32 Å². The second-order valence-corrected chi connectivity index (χ2v) is 7.95. The van der Waals surface area contributed by atoms with Gasteiger partial charge in [0, 0.05) is 16.8 Å². The Morgan fingerprint density at radius 2 is 2.16 bits per heavy atom. The highest BCUT2D eigenvalue weighted by Gasteiger charge is 2.17. The van der Waals surface area contributed by atoms with Crippen LogP contribution in [0, 0.1) is 10.7 Å². The molecule has 104 valence electrons. The summed E-state index contributed by atoms with van der Waals surface area (Å²) in [5, 5.41) is 3.40. The lowest BCUT2D eigenvalue weighted by Crippen LogP contribution is -2.23. The van der Waals surface area contributed by atoms with Crippen LogP contribution in [-0.2, 0) is 4.74 Å². The Labute approximate surface area is 154 Å². The average Bonchev–Trinajstić information content (AvgIpc) is 2.86. The molecule has 0 saturated carbocycles. The van der Waals surface area contributed by atoms with Crippen molar-refractivity contribution in [3.8, 4) is 0 Å². The minimum atomic E-state index is -0.209. The Morgan fingerprint density at radius 3 is 2.84 bits per heavy atom. The number of esters is 1. The van der Waals surface area contributed by atoms with Gasteiger partial charge in [0.25, 0.3) is 0 Å². The van der Waals surface area contributed by atoms with Crippen molar-refractivity contribution in [2.24, 2.45) is 0 Å². The van der Waals surface area contributed by atoms with E-state index in [4.69, 9.17) is 4.74 Å². The highest BCUT2D eigenvalue weighted by Crippen LogP contribution is 2.23. The van der Waals surface area contributed by atoms with Crippen molar-refractivity contribution in [1.29, 1.82) is 0 Å². The summed E-state index contributed by atoms with van der Waals surface area (Å²) < 4.78 is 8.52. The quantitative estimate of drug-likeness (QED) is 0.327. The molecule has 1 atom stereocenters. The van der Waals surface area contributed by atoms with E-state index >= 15 is 0 Å². The fraction of sp³-hybridized carbons (Fsp3) is 0.462. The molecule has 2 rings (SSSR count). The summed E-state index contributed by atoms with van der Waals surface area (Å²) in [5.74, 6) is -0.209. The number of carbonyl (C=O) groups is 1. The van der Waals surface area contributed by atoms with E-state index in [2.05, 4.69) is 79.2 Å². The van der Waals surface area contributed by atoms with Crippen molar-refractivity contribution in [3.63, 3.8) is 0 Å². The van der Waals surface area contributed by atoms with Crippen molar-refractivity contribution in [2.75, 3.05) is 13.2 Å². The van der Waals surface area contributed by atoms with Crippen LogP contribution < -0.4 is 5.32 Å². The SMILES string of the molecule is O=C(OCCC1CCCN1)c1cc(I)cc(I)c1I. The zero-order valence-corrected chi connectivity index (χ0v) is 16.7. The number of rotatable bonds is 4. The second kappa shape index (κ2) is 7.74. The van der Waals surface area contributed by atoms with E-state index in [0.29, 0.717) is 18.2 Å². The molecule has 6 heteroatoms. The lowest BCUT2D eigenvalue weighted by Gasteiger charge is -2.11. The van der Waals surface area contributed by atoms with Crippen LogP contribution in [0.4, 0.5) is 0 Å². The van der Waals surface area contributed by atoms with Gasteiger partial charge in [-0.25, -0.2) is 4.79 Å². The van der Waals surface area contributed by atoms with Gasteiger partial charge in [-0.2, -0.15) is 0 Å². The zero-order valence-electron chi connectivity index (χ0n) is 10.2. The second-order valence-electron chi connectivity index (χ2n) is 4.47. The molecule has 1 N–H and O–H groups in total. The first kappa shape index (κ1) is 16.2. The Kier molecular flexibility index (Phi) is 6.60. The minimum Gasteiger partial charge on any atom is -0.462 e. The topological polar surface area (TPSA) is 38.3 Å². The third kappa shape index (κ3) is 4.67. The number of hydrogen-bond donors (Lipinski definition) is 1. The van der Waals surface area contributed by atoms with Gasteiger partial charge in [-0.05, 0) is 106 Å². The van der Waals surface area contributed by atoms with Crippen LogP contribution in [0.2, 0.25) is 0 Å². The number of nitrogens with one attached hydrogen (secondary N) is 1. The Morgan fingerprint density at radius 1 is 1.37 bits per heavy atom. The first-order valence-corrected chi connectivity index (χ1v) is 9.36. The summed E-state index contributed by atoms with van der Waals surface area (Å²) in [4.78, 5) is 12.1. The van der Waals surface area contributed by atoms with Crippen LogP contribution >= 0.6 is 67.8 Å². The van der Waals surface area contributed by atoms with E-state index in [0.717, 1.165) is 23.7 Å². The molecule has 1 heterocycles. The molecular weight excluding hydrogens is 583 g/mol. The van der Waals surface area contributed by atoms with E-state index in [1.165, 1.54) is 12.8 Å². The van der Waals surface area contributed by atoms with Gasteiger partial charge in [0.05, 0.1) is 12.2 Å². The molecule has 3 nitrogen and oxygen atoms in total. The molecule has 0 amide bonds. The fourth-order valence-electron chi connectivity index (χ4n) is 2.08. The molecule has 0 aliphatic carbocycles. The molecule has 0 aromatic heterocycles.